The van der Waals surface area contributed by atoms with Crippen molar-refractivity contribution in [3.05, 3.63) is 11.1 Å². The van der Waals surface area contributed by atoms with Gasteiger partial charge in [-0.1, -0.05) is 0 Å². The minimum atomic E-state index is -0.634. The number of esters is 2. The topological polar surface area (TPSA) is 131 Å². The molecule has 1 aliphatic rings. The first-order chi connectivity index (χ1) is 11.9. The lowest BCUT2D eigenvalue weighted by Crippen LogP contribution is -2.29. The predicted molar refractivity (Wildman–Crippen MR) is 88.1 cm³/mol. The molecule has 134 valence electrons. The zero-order chi connectivity index (χ0) is 18.1. The van der Waals surface area contributed by atoms with E-state index in [1.807, 2.05) is 0 Å². The van der Waals surface area contributed by atoms with Gasteiger partial charge in [0.1, 0.15) is 24.8 Å². The van der Waals surface area contributed by atoms with Gasteiger partial charge >= 0.3 is 11.9 Å². The number of methoxy groups -OCH3 is 1. The Balaban J connectivity index is 1.93. The van der Waals surface area contributed by atoms with Crippen molar-refractivity contribution in [2.24, 2.45) is 0 Å². The standard InChI is InChI=1S/C14H16BrN5O5/c1-6(21)24-7-3-9(25-8(7)4-10(22)23-2)20-13-11(19-14(20)15)12(16)17-5-18-13/h5,7-9H,3-4H2,1-2H3,(H2,16,17,18)/t7-,8+,9+/m0/s1. The number of anilines is 1. The second kappa shape index (κ2) is 6.92. The van der Waals surface area contributed by atoms with Gasteiger partial charge in [-0.3, -0.25) is 14.2 Å². The Labute approximate surface area is 150 Å². The van der Waals surface area contributed by atoms with Gasteiger partial charge in [0.15, 0.2) is 21.7 Å². The molecule has 1 aliphatic heterocycles. The number of rotatable bonds is 4. The zero-order valence-corrected chi connectivity index (χ0v) is 15.1. The third-order valence-corrected chi connectivity index (χ3v) is 4.40. The number of aromatic nitrogens is 4. The molecule has 0 spiro atoms. The highest BCUT2D eigenvalue weighted by molar-refractivity contribution is 9.10. The summed E-state index contributed by atoms with van der Waals surface area (Å²) < 4.78 is 18.0. The lowest BCUT2D eigenvalue weighted by molar-refractivity contribution is -0.154. The van der Waals surface area contributed by atoms with Gasteiger partial charge in [-0.15, -0.1) is 0 Å². The molecule has 25 heavy (non-hydrogen) atoms. The van der Waals surface area contributed by atoms with Crippen molar-refractivity contribution in [1.82, 2.24) is 19.5 Å². The van der Waals surface area contributed by atoms with Crippen LogP contribution < -0.4 is 5.73 Å². The molecule has 1 fully saturated rings. The zero-order valence-electron chi connectivity index (χ0n) is 13.5. The van der Waals surface area contributed by atoms with Gasteiger partial charge in [-0.2, -0.15) is 0 Å². The molecule has 0 aromatic carbocycles. The molecule has 3 rings (SSSR count). The molecule has 0 radical (unpaired) electrons. The number of nitrogens with two attached hydrogens (primary N) is 1. The number of fused-ring (bicyclic) bond motifs is 1. The molecule has 1 saturated heterocycles. The molecule has 0 bridgehead atoms. The second-order valence-electron chi connectivity index (χ2n) is 5.47. The fourth-order valence-electron chi connectivity index (χ4n) is 2.78. The quantitative estimate of drug-likeness (QED) is 0.574. The first-order valence-electron chi connectivity index (χ1n) is 7.44. The van der Waals surface area contributed by atoms with E-state index >= 15 is 0 Å². The number of nitrogens with zero attached hydrogens (tertiary/aromatic N) is 4. The number of hydrogen-bond acceptors (Lipinski definition) is 9. The number of hydrogen-bond donors (Lipinski definition) is 1. The van der Waals surface area contributed by atoms with E-state index in [9.17, 15) is 9.59 Å². The second-order valence-corrected chi connectivity index (χ2v) is 6.18. The van der Waals surface area contributed by atoms with E-state index in [1.165, 1.54) is 20.4 Å². The highest BCUT2D eigenvalue weighted by atomic mass is 79.9. The molecule has 2 N–H and O–H groups in total. The van der Waals surface area contributed by atoms with Crippen molar-refractivity contribution in [3.8, 4) is 0 Å². The molecule has 0 amide bonds. The lowest BCUT2D eigenvalue weighted by atomic mass is 10.1. The van der Waals surface area contributed by atoms with Crippen LogP contribution in [0.3, 0.4) is 0 Å². The van der Waals surface area contributed by atoms with Gasteiger partial charge in [-0.05, 0) is 15.9 Å². The maximum atomic E-state index is 11.6. The number of carbonyl (C=O) groups excluding carboxylic acids is 2. The van der Waals surface area contributed by atoms with Crippen molar-refractivity contribution in [1.29, 1.82) is 0 Å². The Morgan fingerprint density at radius 3 is 2.92 bits per heavy atom. The molecule has 3 heterocycles. The van der Waals surface area contributed by atoms with Crippen molar-refractivity contribution < 1.29 is 23.8 Å². The Kier molecular flexibility index (Phi) is 4.86. The summed E-state index contributed by atoms with van der Waals surface area (Å²) in [5.74, 6) is -0.667. The van der Waals surface area contributed by atoms with Gasteiger partial charge < -0.3 is 19.9 Å². The average molecular weight is 414 g/mol. The average Bonchev–Trinajstić information content (AvgIpc) is 3.08. The van der Waals surface area contributed by atoms with Crippen LogP contribution in [0, 0.1) is 0 Å². The fraction of sp³-hybridized carbons (Fsp3) is 0.500. The third-order valence-electron chi connectivity index (χ3n) is 3.84. The van der Waals surface area contributed by atoms with E-state index in [-0.39, 0.29) is 12.2 Å². The SMILES string of the molecule is COC(=O)C[C@H]1O[C@@H](n2c(Br)nc3c(N)ncnc32)C[C@@H]1OC(C)=O. The van der Waals surface area contributed by atoms with Gasteiger partial charge in [0, 0.05) is 13.3 Å². The fourth-order valence-corrected chi connectivity index (χ4v) is 3.35. The first-order valence-corrected chi connectivity index (χ1v) is 8.23. The van der Waals surface area contributed by atoms with E-state index in [4.69, 9.17) is 15.2 Å². The molecular weight excluding hydrogens is 398 g/mol. The van der Waals surface area contributed by atoms with E-state index in [2.05, 4.69) is 35.6 Å². The molecule has 2 aromatic rings. The van der Waals surface area contributed by atoms with Crippen molar-refractivity contribution >= 4 is 44.9 Å². The summed E-state index contributed by atoms with van der Waals surface area (Å²) in [5, 5.41) is 0. The number of halogens is 1. The van der Waals surface area contributed by atoms with Crippen LogP contribution in [0.4, 0.5) is 5.82 Å². The summed E-state index contributed by atoms with van der Waals surface area (Å²) >= 11 is 3.36. The van der Waals surface area contributed by atoms with Crippen LogP contribution in [-0.2, 0) is 23.8 Å². The summed E-state index contributed by atoms with van der Waals surface area (Å²) in [4.78, 5) is 35.4. The highest BCUT2D eigenvalue weighted by Gasteiger charge is 2.41. The Hall–Kier alpha value is -2.27. The summed E-state index contributed by atoms with van der Waals surface area (Å²) in [7, 11) is 1.29. The maximum absolute atomic E-state index is 11.6. The molecule has 0 aliphatic carbocycles. The van der Waals surface area contributed by atoms with Gasteiger partial charge in [-0.25, -0.2) is 15.0 Å². The minimum absolute atomic E-state index is 0.0354. The molecule has 0 unspecified atom stereocenters. The Morgan fingerprint density at radius 2 is 2.24 bits per heavy atom. The molecule has 0 saturated carbocycles. The molecule has 11 heteroatoms. The number of ether oxygens (including phenoxy) is 3. The predicted octanol–water partition coefficient (Wildman–Crippen LogP) is 0.953. The van der Waals surface area contributed by atoms with Gasteiger partial charge in [0.05, 0.1) is 13.5 Å². The van der Waals surface area contributed by atoms with E-state index in [0.717, 1.165) is 0 Å². The number of nitrogen functional groups attached to an aromatic ring is 1. The van der Waals surface area contributed by atoms with Gasteiger partial charge in [0.2, 0.25) is 0 Å². The summed E-state index contributed by atoms with van der Waals surface area (Å²) in [6, 6.07) is 0. The van der Waals surface area contributed by atoms with E-state index < -0.39 is 30.4 Å². The van der Waals surface area contributed by atoms with Crippen molar-refractivity contribution in [3.63, 3.8) is 0 Å². The molecule has 10 nitrogen and oxygen atoms in total. The summed E-state index contributed by atoms with van der Waals surface area (Å²) in [5.41, 5.74) is 6.73. The first kappa shape index (κ1) is 17.5. The number of imidazole rings is 1. The third kappa shape index (κ3) is 3.42. The highest BCUT2D eigenvalue weighted by Crippen LogP contribution is 2.37. The summed E-state index contributed by atoms with van der Waals surface area (Å²) in [6.45, 7) is 1.30. The summed E-state index contributed by atoms with van der Waals surface area (Å²) in [6.07, 6.45) is -0.156. The van der Waals surface area contributed by atoms with Crippen LogP contribution in [-0.4, -0.2) is 50.8 Å². The smallest absolute Gasteiger partial charge is 0.308 e. The number of carbonyl (C=O) groups is 2. The lowest BCUT2D eigenvalue weighted by Gasteiger charge is -2.17. The monoisotopic (exact) mass is 413 g/mol. The van der Waals surface area contributed by atoms with E-state index in [1.54, 1.807) is 4.57 Å². The molecule has 2 aromatic heterocycles. The Bertz CT molecular complexity index is 825. The molecule has 3 atom stereocenters. The van der Waals surface area contributed by atoms with Gasteiger partial charge in [0.25, 0.3) is 0 Å². The minimum Gasteiger partial charge on any atom is -0.469 e. The van der Waals surface area contributed by atoms with Crippen LogP contribution in [0.15, 0.2) is 11.1 Å². The van der Waals surface area contributed by atoms with Crippen LogP contribution in [0.2, 0.25) is 0 Å². The van der Waals surface area contributed by atoms with Crippen LogP contribution >= 0.6 is 15.9 Å². The van der Waals surface area contributed by atoms with Crippen molar-refractivity contribution in [2.45, 2.75) is 38.2 Å². The maximum Gasteiger partial charge on any atom is 0.308 e. The van der Waals surface area contributed by atoms with Crippen LogP contribution in [0.25, 0.3) is 11.2 Å². The normalized spacial score (nSPS) is 22.9. The molecular formula is C14H16BrN5O5. The van der Waals surface area contributed by atoms with Crippen LogP contribution in [0.5, 0.6) is 0 Å². The Morgan fingerprint density at radius 1 is 1.48 bits per heavy atom. The van der Waals surface area contributed by atoms with Crippen LogP contribution in [0.1, 0.15) is 26.0 Å². The van der Waals surface area contributed by atoms with E-state index in [0.29, 0.717) is 22.3 Å². The van der Waals surface area contributed by atoms with Crippen molar-refractivity contribution in [2.75, 3.05) is 12.8 Å². The largest absolute Gasteiger partial charge is 0.469 e.